The van der Waals surface area contributed by atoms with E-state index in [2.05, 4.69) is 24.2 Å². The van der Waals surface area contributed by atoms with Crippen molar-refractivity contribution < 1.29 is 4.74 Å². The highest BCUT2D eigenvalue weighted by molar-refractivity contribution is 4.53. The molecule has 0 aliphatic heterocycles. The van der Waals surface area contributed by atoms with Crippen LogP contribution in [-0.2, 0) is 4.74 Å². The standard InChI is InChI=1S/C12H28N2O/c1-4-8-13-9-5-6-10-14(2)11-7-12-15-3/h13H,4-12H2,1-3H3. The predicted octanol–water partition coefficient (Wildman–Crippen LogP) is 1.73. The highest BCUT2D eigenvalue weighted by atomic mass is 16.5. The maximum atomic E-state index is 5.03. The van der Waals surface area contributed by atoms with Crippen molar-refractivity contribution in [3.63, 3.8) is 0 Å². The van der Waals surface area contributed by atoms with Gasteiger partial charge in [0, 0.05) is 20.3 Å². The van der Waals surface area contributed by atoms with Crippen molar-refractivity contribution in [3.8, 4) is 0 Å². The molecule has 15 heavy (non-hydrogen) atoms. The molecule has 0 saturated heterocycles. The van der Waals surface area contributed by atoms with E-state index < -0.39 is 0 Å². The normalized spacial score (nSPS) is 11.2. The van der Waals surface area contributed by atoms with E-state index in [1.165, 1.54) is 32.4 Å². The fourth-order valence-electron chi connectivity index (χ4n) is 1.52. The second-order valence-corrected chi connectivity index (χ2v) is 4.11. The fraction of sp³-hybridized carbons (Fsp3) is 1.00. The van der Waals surface area contributed by atoms with Crippen LogP contribution in [0, 0.1) is 0 Å². The lowest BCUT2D eigenvalue weighted by Crippen LogP contribution is -2.23. The average molecular weight is 216 g/mol. The van der Waals surface area contributed by atoms with Crippen LogP contribution in [0.25, 0.3) is 0 Å². The van der Waals surface area contributed by atoms with Crippen LogP contribution >= 0.6 is 0 Å². The Bertz CT molecular complexity index is 120. The van der Waals surface area contributed by atoms with E-state index in [4.69, 9.17) is 4.74 Å². The molecule has 0 unspecified atom stereocenters. The van der Waals surface area contributed by atoms with Crippen molar-refractivity contribution in [1.82, 2.24) is 10.2 Å². The number of ether oxygens (including phenoxy) is 1. The molecule has 0 bridgehead atoms. The lowest BCUT2D eigenvalue weighted by atomic mass is 10.3. The van der Waals surface area contributed by atoms with E-state index in [1.807, 2.05) is 0 Å². The fourth-order valence-corrected chi connectivity index (χ4v) is 1.52. The van der Waals surface area contributed by atoms with Crippen LogP contribution in [0.5, 0.6) is 0 Å². The summed E-state index contributed by atoms with van der Waals surface area (Å²) in [6.45, 7) is 7.76. The Morgan fingerprint density at radius 1 is 1.07 bits per heavy atom. The maximum Gasteiger partial charge on any atom is 0.0474 e. The molecular formula is C12H28N2O. The predicted molar refractivity (Wildman–Crippen MR) is 66.4 cm³/mol. The SMILES string of the molecule is CCCNCCCCN(C)CCCOC. The van der Waals surface area contributed by atoms with Gasteiger partial charge in [0.2, 0.25) is 0 Å². The van der Waals surface area contributed by atoms with Gasteiger partial charge in [-0.15, -0.1) is 0 Å². The summed E-state index contributed by atoms with van der Waals surface area (Å²) in [6, 6.07) is 0. The molecule has 92 valence electrons. The first kappa shape index (κ1) is 14.9. The third kappa shape index (κ3) is 11.8. The van der Waals surface area contributed by atoms with E-state index in [1.54, 1.807) is 7.11 Å². The first-order chi connectivity index (χ1) is 7.31. The number of hydrogen-bond donors (Lipinski definition) is 1. The molecule has 0 aromatic heterocycles. The largest absolute Gasteiger partial charge is 0.385 e. The molecule has 0 amide bonds. The van der Waals surface area contributed by atoms with E-state index in [0.717, 1.165) is 26.1 Å². The molecule has 0 radical (unpaired) electrons. The lowest BCUT2D eigenvalue weighted by molar-refractivity contribution is 0.179. The van der Waals surface area contributed by atoms with Gasteiger partial charge in [-0.3, -0.25) is 0 Å². The Kier molecular flexibility index (Phi) is 11.9. The summed E-state index contributed by atoms with van der Waals surface area (Å²) in [6.07, 6.45) is 4.95. The Morgan fingerprint density at radius 3 is 2.47 bits per heavy atom. The van der Waals surface area contributed by atoms with Gasteiger partial charge in [-0.1, -0.05) is 6.92 Å². The minimum atomic E-state index is 0.877. The van der Waals surface area contributed by atoms with Gasteiger partial charge < -0.3 is 15.0 Å². The van der Waals surface area contributed by atoms with Crippen LogP contribution in [0.3, 0.4) is 0 Å². The number of nitrogens with one attached hydrogen (secondary N) is 1. The maximum absolute atomic E-state index is 5.03. The highest BCUT2D eigenvalue weighted by Crippen LogP contribution is 1.94. The lowest BCUT2D eigenvalue weighted by Gasteiger charge is -2.15. The Hall–Kier alpha value is -0.120. The van der Waals surface area contributed by atoms with E-state index >= 15 is 0 Å². The van der Waals surface area contributed by atoms with E-state index in [0.29, 0.717) is 0 Å². The molecule has 0 aromatic rings. The Balaban J connectivity index is 3.06. The summed E-state index contributed by atoms with van der Waals surface area (Å²) in [7, 11) is 3.95. The first-order valence-electron chi connectivity index (χ1n) is 6.19. The Morgan fingerprint density at radius 2 is 1.80 bits per heavy atom. The smallest absolute Gasteiger partial charge is 0.0474 e. The molecule has 0 atom stereocenters. The zero-order valence-electron chi connectivity index (χ0n) is 10.7. The van der Waals surface area contributed by atoms with Crippen molar-refractivity contribution in [1.29, 1.82) is 0 Å². The molecule has 3 heteroatoms. The topological polar surface area (TPSA) is 24.5 Å². The van der Waals surface area contributed by atoms with Gasteiger partial charge in [0.1, 0.15) is 0 Å². The molecule has 0 fully saturated rings. The molecule has 3 nitrogen and oxygen atoms in total. The molecule has 0 aliphatic carbocycles. The number of rotatable bonds is 11. The summed E-state index contributed by atoms with van der Waals surface area (Å²) in [4.78, 5) is 2.39. The third-order valence-electron chi connectivity index (χ3n) is 2.46. The van der Waals surface area contributed by atoms with Crippen LogP contribution in [0.1, 0.15) is 32.6 Å². The van der Waals surface area contributed by atoms with Gasteiger partial charge in [0.15, 0.2) is 0 Å². The van der Waals surface area contributed by atoms with Gasteiger partial charge in [0.05, 0.1) is 0 Å². The quantitative estimate of drug-likeness (QED) is 0.532. The minimum Gasteiger partial charge on any atom is -0.385 e. The van der Waals surface area contributed by atoms with E-state index in [-0.39, 0.29) is 0 Å². The summed E-state index contributed by atoms with van der Waals surface area (Å²) in [5, 5.41) is 3.42. The van der Waals surface area contributed by atoms with E-state index in [9.17, 15) is 0 Å². The molecule has 0 spiro atoms. The van der Waals surface area contributed by atoms with Crippen LogP contribution < -0.4 is 5.32 Å². The summed E-state index contributed by atoms with van der Waals surface area (Å²) in [5.41, 5.74) is 0. The monoisotopic (exact) mass is 216 g/mol. The van der Waals surface area contributed by atoms with Crippen molar-refractivity contribution >= 4 is 0 Å². The second kappa shape index (κ2) is 12.0. The van der Waals surface area contributed by atoms with Gasteiger partial charge in [-0.05, 0) is 52.4 Å². The minimum absolute atomic E-state index is 0.877. The molecular weight excluding hydrogens is 188 g/mol. The van der Waals surface area contributed by atoms with Crippen LogP contribution in [0.2, 0.25) is 0 Å². The molecule has 0 heterocycles. The zero-order chi connectivity index (χ0) is 11.4. The number of hydrogen-bond acceptors (Lipinski definition) is 3. The molecule has 0 aromatic carbocycles. The average Bonchev–Trinajstić information content (AvgIpc) is 2.23. The highest BCUT2D eigenvalue weighted by Gasteiger charge is 1.97. The van der Waals surface area contributed by atoms with Crippen molar-refractivity contribution in [2.24, 2.45) is 0 Å². The molecule has 1 N–H and O–H groups in total. The number of nitrogens with zero attached hydrogens (tertiary/aromatic N) is 1. The van der Waals surface area contributed by atoms with Gasteiger partial charge in [0.25, 0.3) is 0 Å². The number of methoxy groups -OCH3 is 1. The molecule has 0 rings (SSSR count). The zero-order valence-corrected chi connectivity index (χ0v) is 10.7. The van der Waals surface area contributed by atoms with Gasteiger partial charge in [-0.25, -0.2) is 0 Å². The van der Waals surface area contributed by atoms with Gasteiger partial charge >= 0.3 is 0 Å². The van der Waals surface area contributed by atoms with Crippen molar-refractivity contribution in [2.75, 3.05) is 46.9 Å². The van der Waals surface area contributed by atoms with Crippen LogP contribution in [0.15, 0.2) is 0 Å². The Labute approximate surface area is 95.2 Å². The summed E-state index contributed by atoms with van der Waals surface area (Å²) in [5.74, 6) is 0. The summed E-state index contributed by atoms with van der Waals surface area (Å²) < 4.78 is 5.03. The van der Waals surface area contributed by atoms with Crippen molar-refractivity contribution in [3.05, 3.63) is 0 Å². The van der Waals surface area contributed by atoms with Crippen LogP contribution in [-0.4, -0.2) is 51.8 Å². The molecule has 0 saturated carbocycles. The van der Waals surface area contributed by atoms with Gasteiger partial charge in [-0.2, -0.15) is 0 Å². The first-order valence-corrected chi connectivity index (χ1v) is 6.19. The van der Waals surface area contributed by atoms with Crippen molar-refractivity contribution in [2.45, 2.75) is 32.6 Å². The molecule has 0 aliphatic rings. The summed E-state index contributed by atoms with van der Waals surface area (Å²) >= 11 is 0. The second-order valence-electron chi connectivity index (χ2n) is 4.11. The third-order valence-corrected chi connectivity index (χ3v) is 2.46. The van der Waals surface area contributed by atoms with Crippen LogP contribution in [0.4, 0.5) is 0 Å². The number of unbranched alkanes of at least 4 members (excludes halogenated alkanes) is 1.